The van der Waals surface area contributed by atoms with Crippen LogP contribution in [0.15, 0.2) is 36.5 Å². The van der Waals surface area contributed by atoms with Gasteiger partial charge in [0.15, 0.2) is 6.29 Å². The summed E-state index contributed by atoms with van der Waals surface area (Å²) >= 11 is 0. The van der Waals surface area contributed by atoms with Crippen molar-refractivity contribution in [2.24, 2.45) is 0 Å². The topological polar surface area (TPSA) is 48.3 Å². The van der Waals surface area contributed by atoms with Crippen molar-refractivity contribution in [3.8, 4) is 0 Å². The lowest BCUT2D eigenvalue weighted by Crippen LogP contribution is -2.10. The number of aldehydes is 1. The first kappa shape index (κ1) is 14.0. The maximum Gasteiger partial charge on any atom is 0.340 e. The van der Waals surface area contributed by atoms with Gasteiger partial charge in [-0.1, -0.05) is 18.2 Å². The first-order valence-electron chi connectivity index (χ1n) is 6.22. The molecule has 0 saturated carbocycles. The third-order valence-corrected chi connectivity index (χ3v) is 2.91. The first-order valence-corrected chi connectivity index (χ1v) is 6.22. The van der Waals surface area contributed by atoms with Crippen LogP contribution >= 0.6 is 0 Å². The van der Waals surface area contributed by atoms with Crippen molar-refractivity contribution in [3.63, 3.8) is 0 Å². The Kier molecular flexibility index (Phi) is 4.30. The summed E-state index contributed by atoms with van der Waals surface area (Å²) in [6, 6.07) is 7.80. The number of benzene rings is 1. The van der Waals surface area contributed by atoms with Gasteiger partial charge in [0.2, 0.25) is 0 Å². The number of halogens is 1. The molecule has 0 fully saturated rings. The quantitative estimate of drug-likeness (QED) is 0.622. The summed E-state index contributed by atoms with van der Waals surface area (Å²) < 4.78 is 20.0. The van der Waals surface area contributed by atoms with Crippen molar-refractivity contribution in [2.75, 3.05) is 6.61 Å². The molecule has 0 unspecified atom stereocenters. The van der Waals surface area contributed by atoms with E-state index in [0.717, 1.165) is 0 Å². The van der Waals surface area contributed by atoms with Crippen molar-refractivity contribution < 1.29 is 18.7 Å². The van der Waals surface area contributed by atoms with Crippen LogP contribution in [0, 0.1) is 5.82 Å². The summed E-state index contributed by atoms with van der Waals surface area (Å²) in [4.78, 5) is 22.9. The Hall–Kier alpha value is -2.43. The van der Waals surface area contributed by atoms with Crippen LogP contribution in [0.4, 0.5) is 4.39 Å². The Labute approximate surface area is 115 Å². The highest BCUT2D eigenvalue weighted by molar-refractivity contribution is 5.97. The van der Waals surface area contributed by atoms with Crippen LogP contribution in [-0.4, -0.2) is 23.4 Å². The Morgan fingerprint density at radius 1 is 1.35 bits per heavy atom. The second-order valence-corrected chi connectivity index (χ2v) is 4.17. The van der Waals surface area contributed by atoms with Gasteiger partial charge in [0.05, 0.1) is 24.4 Å². The molecular formula is C15H14FNO3. The smallest absolute Gasteiger partial charge is 0.340 e. The standard InChI is InChI=1S/C15H14FNO3/c1-2-20-15(19)12-7-8-17(14(12)10-18)9-11-5-3-4-6-13(11)16/h3-8,10H,2,9H2,1H3. The lowest BCUT2D eigenvalue weighted by Gasteiger charge is -2.07. The molecule has 0 saturated heterocycles. The SMILES string of the molecule is CCOC(=O)c1ccn(Cc2ccccc2F)c1C=O. The Balaban J connectivity index is 2.32. The van der Waals surface area contributed by atoms with Crippen LogP contribution in [0.3, 0.4) is 0 Å². The molecule has 0 aliphatic heterocycles. The number of carbonyl (C=O) groups is 2. The van der Waals surface area contributed by atoms with E-state index in [4.69, 9.17) is 4.74 Å². The highest BCUT2D eigenvalue weighted by atomic mass is 19.1. The lowest BCUT2D eigenvalue weighted by molar-refractivity contribution is 0.0524. The van der Waals surface area contributed by atoms with E-state index >= 15 is 0 Å². The number of esters is 1. The van der Waals surface area contributed by atoms with E-state index in [0.29, 0.717) is 11.8 Å². The van der Waals surface area contributed by atoms with Gasteiger partial charge >= 0.3 is 5.97 Å². The Bertz CT molecular complexity index is 634. The van der Waals surface area contributed by atoms with Gasteiger partial charge in [0.25, 0.3) is 0 Å². The van der Waals surface area contributed by atoms with Gasteiger partial charge in [-0.05, 0) is 19.1 Å². The van der Waals surface area contributed by atoms with Gasteiger partial charge in [-0.3, -0.25) is 4.79 Å². The zero-order valence-electron chi connectivity index (χ0n) is 11.0. The number of carbonyl (C=O) groups excluding carboxylic acids is 2. The fraction of sp³-hybridized carbons (Fsp3) is 0.200. The molecule has 0 aliphatic rings. The van der Waals surface area contributed by atoms with E-state index in [9.17, 15) is 14.0 Å². The molecule has 0 radical (unpaired) electrons. The summed E-state index contributed by atoms with van der Waals surface area (Å²) in [5.41, 5.74) is 0.825. The average Bonchev–Trinajstić information content (AvgIpc) is 2.84. The average molecular weight is 275 g/mol. The lowest BCUT2D eigenvalue weighted by atomic mass is 10.2. The second-order valence-electron chi connectivity index (χ2n) is 4.17. The molecule has 104 valence electrons. The van der Waals surface area contributed by atoms with E-state index in [1.165, 1.54) is 16.7 Å². The van der Waals surface area contributed by atoms with E-state index in [1.54, 1.807) is 31.3 Å². The van der Waals surface area contributed by atoms with Crippen LogP contribution in [-0.2, 0) is 11.3 Å². The molecule has 0 bridgehead atoms. The number of rotatable bonds is 5. The highest BCUT2D eigenvalue weighted by Crippen LogP contribution is 2.15. The summed E-state index contributed by atoms with van der Waals surface area (Å²) in [5.74, 6) is -0.905. The van der Waals surface area contributed by atoms with Crippen molar-refractivity contribution >= 4 is 12.3 Å². The van der Waals surface area contributed by atoms with Gasteiger partial charge < -0.3 is 9.30 Å². The monoisotopic (exact) mass is 275 g/mol. The normalized spacial score (nSPS) is 10.3. The summed E-state index contributed by atoms with van der Waals surface area (Å²) in [6.45, 7) is 2.10. The molecule has 0 N–H and O–H groups in total. The molecule has 1 heterocycles. The maximum absolute atomic E-state index is 13.6. The second kappa shape index (κ2) is 6.14. The number of nitrogens with zero attached hydrogens (tertiary/aromatic N) is 1. The third-order valence-electron chi connectivity index (χ3n) is 2.91. The third kappa shape index (κ3) is 2.77. The largest absolute Gasteiger partial charge is 0.462 e. The van der Waals surface area contributed by atoms with Gasteiger partial charge in [0, 0.05) is 11.8 Å². The minimum atomic E-state index is -0.554. The van der Waals surface area contributed by atoms with Gasteiger partial charge in [-0.2, -0.15) is 0 Å². The van der Waals surface area contributed by atoms with E-state index in [1.807, 2.05) is 0 Å². The Morgan fingerprint density at radius 3 is 2.75 bits per heavy atom. The van der Waals surface area contributed by atoms with Crippen LogP contribution in [0.1, 0.15) is 33.3 Å². The van der Waals surface area contributed by atoms with Gasteiger partial charge in [-0.15, -0.1) is 0 Å². The van der Waals surface area contributed by atoms with Crippen LogP contribution in [0.5, 0.6) is 0 Å². The Morgan fingerprint density at radius 2 is 2.10 bits per heavy atom. The molecule has 0 aliphatic carbocycles. The van der Waals surface area contributed by atoms with Crippen molar-refractivity contribution in [2.45, 2.75) is 13.5 Å². The van der Waals surface area contributed by atoms with Crippen LogP contribution < -0.4 is 0 Å². The molecule has 0 spiro atoms. The fourth-order valence-electron chi connectivity index (χ4n) is 1.95. The van der Waals surface area contributed by atoms with E-state index in [2.05, 4.69) is 0 Å². The van der Waals surface area contributed by atoms with E-state index in [-0.39, 0.29) is 30.2 Å². The van der Waals surface area contributed by atoms with Crippen LogP contribution in [0.25, 0.3) is 0 Å². The minimum absolute atomic E-state index is 0.181. The fourth-order valence-corrected chi connectivity index (χ4v) is 1.95. The van der Waals surface area contributed by atoms with Crippen molar-refractivity contribution in [3.05, 3.63) is 59.2 Å². The van der Waals surface area contributed by atoms with Gasteiger partial charge in [-0.25, -0.2) is 9.18 Å². The maximum atomic E-state index is 13.6. The molecule has 4 nitrogen and oxygen atoms in total. The van der Waals surface area contributed by atoms with Crippen molar-refractivity contribution in [1.82, 2.24) is 4.57 Å². The molecule has 2 rings (SSSR count). The summed E-state index contributed by atoms with van der Waals surface area (Å²) in [5, 5.41) is 0. The predicted molar refractivity (Wildman–Crippen MR) is 71.3 cm³/mol. The summed E-state index contributed by atoms with van der Waals surface area (Å²) in [6.07, 6.45) is 2.15. The number of hydrogen-bond donors (Lipinski definition) is 0. The van der Waals surface area contributed by atoms with Crippen LogP contribution in [0.2, 0.25) is 0 Å². The minimum Gasteiger partial charge on any atom is -0.462 e. The zero-order chi connectivity index (χ0) is 14.5. The molecule has 5 heteroatoms. The zero-order valence-corrected chi connectivity index (χ0v) is 11.0. The molecule has 0 atom stereocenters. The number of hydrogen-bond acceptors (Lipinski definition) is 3. The number of ether oxygens (including phenoxy) is 1. The molecule has 1 aromatic heterocycles. The summed E-state index contributed by atoms with van der Waals surface area (Å²) in [7, 11) is 0. The van der Waals surface area contributed by atoms with E-state index < -0.39 is 5.97 Å². The number of aromatic nitrogens is 1. The van der Waals surface area contributed by atoms with Gasteiger partial charge in [0.1, 0.15) is 5.82 Å². The molecule has 2 aromatic rings. The first-order chi connectivity index (χ1) is 9.67. The molecule has 0 amide bonds. The molecule has 20 heavy (non-hydrogen) atoms. The van der Waals surface area contributed by atoms with Crippen molar-refractivity contribution in [1.29, 1.82) is 0 Å². The highest BCUT2D eigenvalue weighted by Gasteiger charge is 2.17. The molecule has 1 aromatic carbocycles. The predicted octanol–water partition coefficient (Wildman–Crippen LogP) is 2.66. The molecular weight excluding hydrogens is 261 g/mol.